The van der Waals surface area contributed by atoms with Crippen molar-refractivity contribution in [3.63, 3.8) is 0 Å². The summed E-state index contributed by atoms with van der Waals surface area (Å²) in [6.07, 6.45) is 0. The molecule has 0 aromatic carbocycles. The number of nitrogens with zero attached hydrogens (tertiary/aromatic N) is 1. The lowest BCUT2D eigenvalue weighted by Gasteiger charge is -2.15. The largest absolute Gasteiger partial charge is 0.340 e. The average molecular weight is 314 g/mol. The highest BCUT2D eigenvalue weighted by molar-refractivity contribution is 9.10. The van der Waals surface area contributed by atoms with Gasteiger partial charge in [0.1, 0.15) is 4.88 Å². The molecule has 86 valence electrons. The van der Waals surface area contributed by atoms with Crippen molar-refractivity contribution in [2.45, 2.75) is 0 Å². The van der Waals surface area contributed by atoms with Gasteiger partial charge in [-0.3, -0.25) is 4.79 Å². The zero-order chi connectivity index (χ0) is 10.6. The Morgan fingerprint density at radius 2 is 2.33 bits per heavy atom. The molecule has 0 saturated carbocycles. The number of likely N-dealkylation sites (N-methyl/N-ethyl adjacent to an activating group) is 2. The maximum absolute atomic E-state index is 11.8. The van der Waals surface area contributed by atoms with Crippen molar-refractivity contribution < 1.29 is 4.79 Å². The lowest BCUT2D eigenvalue weighted by atomic mass is 10.4. The van der Waals surface area contributed by atoms with Crippen LogP contribution in [0.15, 0.2) is 15.9 Å². The van der Waals surface area contributed by atoms with Crippen LogP contribution in [0.25, 0.3) is 0 Å². The van der Waals surface area contributed by atoms with E-state index in [-0.39, 0.29) is 18.3 Å². The fraction of sp³-hybridized carbons (Fsp3) is 0.444. The first kappa shape index (κ1) is 14.9. The van der Waals surface area contributed by atoms with Gasteiger partial charge in [-0.05, 0) is 34.4 Å². The normalized spacial score (nSPS) is 9.53. The molecule has 1 heterocycles. The lowest BCUT2D eigenvalue weighted by Crippen LogP contribution is -2.32. The third-order valence-corrected chi connectivity index (χ3v) is 3.68. The number of nitrogens with one attached hydrogen (secondary N) is 1. The van der Waals surface area contributed by atoms with Crippen LogP contribution < -0.4 is 5.32 Å². The van der Waals surface area contributed by atoms with Crippen LogP contribution in [-0.4, -0.2) is 38.0 Å². The van der Waals surface area contributed by atoms with Gasteiger partial charge in [-0.2, -0.15) is 0 Å². The standard InChI is InChI=1S/C9H13BrN2OS.ClH/c1-11-4-5-12(2)9(13)8-7(10)3-6-14-8;/h3,6,11H,4-5H2,1-2H3;1H. The Morgan fingerprint density at radius 1 is 1.67 bits per heavy atom. The van der Waals surface area contributed by atoms with Crippen LogP contribution in [0.1, 0.15) is 9.67 Å². The zero-order valence-corrected chi connectivity index (χ0v) is 11.8. The van der Waals surface area contributed by atoms with Crippen molar-refractivity contribution in [3.05, 3.63) is 20.8 Å². The highest BCUT2D eigenvalue weighted by atomic mass is 79.9. The quantitative estimate of drug-likeness (QED) is 0.924. The molecule has 0 unspecified atom stereocenters. The van der Waals surface area contributed by atoms with Crippen molar-refractivity contribution in [2.75, 3.05) is 27.2 Å². The lowest BCUT2D eigenvalue weighted by molar-refractivity contribution is 0.0801. The van der Waals surface area contributed by atoms with Gasteiger partial charge in [-0.15, -0.1) is 23.7 Å². The molecule has 0 fully saturated rings. The fourth-order valence-corrected chi connectivity index (χ4v) is 2.54. The summed E-state index contributed by atoms with van der Waals surface area (Å²) in [5.74, 6) is 0.0714. The van der Waals surface area contributed by atoms with Crippen LogP contribution in [0.3, 0.4) is 0 Å². The monoisotopic (exact) mass is 312 g/mol. The molecule has 3 nitrogen and oxygen atoms in total. The number of halogens is 2. The molecule has 6 heteroatoms. The molecule has 1 rings (SSSR count). The molecule has 0 aliphatic heterocycles. The van der Waals surface area contributed by atoms with Gasteiger partial charge >= 0.3 is 0 Å². The predicted molar refractivity (Wildman–Crippen MR) is 70.2 cm³/mol. The second-order valence-electron chi connectivity index (χ2n) is 2.93. The Bertz CT molecular complexity index is 319. The minimum atomic E-state index is 0. The van der Waals surface area contributed by atoms with Gasteiger partial charge in [-0.1, -0.05) is 0 Å². The van der Waals surface area contributed by atoms with E-state index in [1.54, 1.807) is 4.90 Å². The molecular formula is C9H14BrClN2OS. The Labute approximate surface area is 108 Å². The molecule has 0 bridgehead atoms. The fourth-order valence-electron chi connectivity index (χ4n) is 1.00. The maximum atomic E-state index is 11.8. The molecule has 0 radical (unpaired) electrons. The Hall–Kier alpha value is -0.100. The number of carbonyl (C=O) groups excluding carboxylic acids is 1. The summed E-state index contributed by atoms with van der Waals surface area (Å²) in [5, 5.41) is 4.92. The molecule has 1 aromatic heterocycles. The van der Waals surface area contributed by atoms with Crippen LogP contribution >= 0.6 is 39.7 Å². The first-order chi connectivity index (χ1) is 6.66. The third kappa shape index (κ3) is 4.10. The average Bonchev–Trinajstić information content (AvgIpc) is 2.59. The predicted octanol–water partition coefficient (Wildman–Crippen LogP) is 2.22. The van der Waals surface area contributed by atoms with E-state index < -0.39 is 0 Å². The summed E-state index contributed by atoms with van der Waals surface area (Å²) in [7, 11) is 3.69. The van der Waals surface area contributed by atoms with Crippen molar-refractivity contribution in [3.8, 4) is 0 Å². The van der Waals surface area contributed by atoms with Gasteiger partial charge in [0.2, 0.25) is 0 Å². The second kappa shape index (κ2) is 7.22. The Kier molecular flexibility index (Phi) is 7.17. The highest BCUT2D eigenvalue weighted by Gasteiger charge is 2.15. The molecule has 1 N–H and O–H groups in total. The number of carbonyl (C=O) groups is 1. The third-order valence-electron chi connectivity index (χ3n) is 1.86. The molecule has 1 aromatic rings. The Balaban J connectivity index is 0.00000196. The van der Waals surface area contributed by atoms with Crippen LogP contribution in [-0.2, 0) is 0 Å². The summed E-state index contributed by atoms with van der Waals surface area (Å²) in [6.45, 7) is 1.53. The van der Waals surface area contributed by atoms with Gasteiger partial charge in [0, 0.05) is 24.6 Å². The number of thiophene rings is 1. The van der Waals surface area contributed by atoms with Crippen molar-refractivity contribution in [1.82, 2.24) is 10.2 Å². The molecule has 1 amide bonds. The SMILES string of the molecule is CNCCN(C)C(=O)c1sccc1Br.Cl. The zero-order valence-electron chi connectivity index (χ0n) is 8.62. The number of amides is 1. The van der Waals surface area contributed by atoms with Crippen molar-refractivity contribution in [2.24, 2.45) is 0 Å². The van der Waals surface area contributed by atoms with Crippen LogP contribution in [0, 0.1) is 0 Å². The Morgan fingerprint density at radius 3 is 2.80 bits per heavy atom. The smallest absolute Gasteiger partial charge is 0.264 e. The van der Waals surface area contributed by atoms with E-state index in [9.17, 15) is 4.79 Å². The summed E-state index contributed by atoms with van der Waals surface area (Å²) in [6, 6.07) is 1.89. The van der Waals surface area contributed by atoms with E-state index in [1.807, 2.05) is 25.5 Å². The molecule has 15 heavy (non-hydrogen) atoms. The van der Waals surface area contributed by atoms with E-state index in [0.717, 1.165) is 22.4 Å². The maximum Gasteiger partial charge on any atom is 0.264 e. The van der Waals surface area contributed by atoms with E-state index in [2.05, 4.69) is 21.2 Å². The topological polar surface area (TPSA) is 32.3 Å². The van der Waals surface area contributed by atoms with Crippen molar-refractivity contribution >= 4 is 45.6 Å². The molecule has 0 spiro atoms. The molecule has 0 aliphatic rings. The summed E-state index contributed by atoms with van der Waals surface area (Å²) in [4.78, 5) is 14.3. The highest BCUT2D eigenvalue weighted by Crippen LogP contribution is 2.23. The first-order valence-corrected chi connectivity index (χ1v) is 5.97. The van der Waals surface area contributed by atoms with Crippen molar-refractivity contribution in [1.29, 1.82) is 0 Å². The summed E-state index contributed by atoms with van der Waals surface area (Å²) in [5.41, 5.74) is 0. The molecule has 0 aliphatic carbocycles. The van der Waals surface area contributed by atoms with Gasteiger partial charge in [-0.25, -0.2) is 0 Å². The molecular weight excluding hydrogens is 300 g/mol. The van der Waals surface area contributed by atoms with Crippen LogP contribution in [0.5, 0.6) is 0 Å². The molecule has 0 atom stereocenters. The summed E-state index contributed by atoms with van der Waals surface area (Å²) >= 11 is 4.81. The van der Waals surface area contributed by atoms with Gasteiger partial charge in [0.05, 0.1) is 0 Å². The number of hydrogen-bond donors (Lipinski definition) is 1. The molecule has 0 saturated heterocycles. The van der Waals surface area contributed by atoms with Crippen LogP contribution in [0.4, 0.5) is 0 Å². The van der Waals surface area contributed by atoms with E-state index in [0.29, 0.717) is 0 Å². The number of rotatable bonds is 4. The van der Waals surface area contributed by atoms with Gasteiger partial charge in [0.15, 0.2) is 0 Å². The van der Waals surface area contributed by atoms with E-state index >= 15 is 0 Å². The van der Waals surface area contributed by atoms with Crippen LogP contribution in [0.2, 0.25) is 0 Å². The first-order valence-electron chi connectivity index (χ1n) is 4.30. The minimum Gasteiger partial charge on any atom is -0.340 e. The number of hydrogen-bond acceptors (Lipinski definition) is 3. The van der Waals surface area contributed by atoms with E-state index in [1.165, 1.54) is 11.3 Å². The van der Waals surface area contributed by atoms with Gasteiger partial charge < -0.3 is 10.2 Å². The van der Waals surface area contributed by atoms with Gasteiger partial charge in [0.25, 0.3) is 5.91 Å². The summed E-state index contributed by atoms with van der Waals surface area (Å²) < 4.78 is 0.879. The van der Waals surface area contributed by atoms with E-state index in [4.69, 9.17) is 0 Å². The second-order valence-corrected chi connectivity index (χ2v) is 4.70. The minimum absolute atomic E-state index is 0.